The van der Waals surface area contributed by atoms with Crippen molar-refractivity contribution >= 4 is 22.6 Å². The lowest BCUT2D eigenvalue weighted by Gasteiger charge is -2.05. The van der Waals surface area contributed by atoms with Crippen molar-refractivity contribution in [2.75, 3.05) is 6.61 Å². The van der Waals surface area contributed by atoms with Gasteiger partial charge in [0.2, 0.25) is 0 Å². The fourth-order valence-electron chi connectivity index (χ4n) is 0.951. The van der Waals surface area contributed by atoms with E-state index in [1.54, 1.807) is 0 Å². The van der Waals surface area contributed by atoms with Crippen LogP contribution in [0, 0.1) is 3.57 Å². The summed E-state index contributed by atoms with van der Waals surface area (Å²) in [6.07, 6.45) is 0. The van der Waals surface area contributed by atoms with Crippen LogP contribution in [0.3, 0.4) is 0 Å². The van der Waals surface area contributed by atoms with Crippen molar-refractivity contribution in [2.24, 2.45) is 0 Å². The quantitative estimate of drug-likeness (QED) is 0.609. The van der Waals surface area contributed by atoms with Gasteiger partial charge < -0.3 is 4.74 Å². The van der Waals surface area contributed by atoms with Gasteiger partial charge in [-0.05, 0) is 41.1 Å². The highest BCUT2D eigenvalue weighted by molar-refractivity contribution is 14.1. The molecule has 0 atom stereocenters. The van der Waals surface area contributed by atoms with E-state index in [1.165, 1.54) is 9.13 Å². The molecule has 1 aromatic carbocycles. The summed E-state index contributed by atoms with van der Waals surface area (Å²) in [6.45, 7) is 7.07. The van der Waals surface area contributed by atoms with Gasteiger partial charge in [0.15, 0.2) is 0 Å². The van der Waals surface area contributed by atoms with E-state index in [9.17, 15) is 0 Å². The molecule has 0 saturated heterocycles. The lowest BCUT2D eigenvalue weighted by Crippen LogP contribution is -1.97. The van der Waals surface area contributed by atoms with Gasteiger partial charge in [-0.3, -0.25) is 0 Å². The van der Waals surface area contributed by atoms with Crippen LogP contribution in [0.1, 0.15) is 12.5 Å². The maximum atomic E-state index is 5.46. The number of hydrogen-bond acceptors (Lipinski definition) is 1. The Kier molecular flexibility index (Phi) is 4.45. The largest absolute Gasteiger partial charge is 0.372 e. The predicted molar refractivity (Wildman–Crippen MR) is 63.6 cm³/mol. The predicted octanol–water partition coefficient (Wildman–Crippen LogP) is 3.38. The zero-order valence-corrected chi connectivity index (χ0v) is 9.87. The lowest BCUT2D eigenvalue weighted by atomic mass is 10.2. The zero-order valence-electron chi connectivity index (χ0n) is 7.72. The number of rotatable bonds is 4. The summed E-state index contributed by atoms with van der Waals surface area (Å²) >= 11 is 2.31. The molecule has 0 aliphatic rings. The van der Waals surface area contributed by atoms with Crippen LogP contribution in [0.25, 0.3) is 0 Å². The third kappa shape index (κ3) is 3.91. The van der Waals surface area contributed by atoms with Gasteiger partial charge in [-0.1, -0.05) is 30.4 Å². The Morgan fingerprint density at radius 2 is 2.15 bits per heavy atom. The number of benzene rings is 1. The van der Waals surface area contributed by atoms with Crippen LogP contribution in [0.15, 0.2) is 36.4 Å². The minimum atomic E-state index is 0.644. The van der Waals surface area contributed by atoms with E-state index in [0.29, 0.717) is 13.2 Å². The van der Waals surface area contributed by atoms with Crippen LogP contribution in [-0.2, 0) is 11.3 Å². The van der Waals surface area contributed by atoms with Crippen LogP contribution in [0.4, 0.5) is 0 Å². The van der Waals surface area contributed by atoms with Gasteiger partial charge in [-0.15, -0.1) is 0 Å². The Morgan fingerprint density at radius 3 is 2.77 bits per heavy atom. The summed E-state index contributed by atoms with van der Waals surface area (Å²) in [5.74, 6) is 0. The van der Waals surface area contributed by atoms with Gasteiger partial charge in [-0.2, -0.15) is 0 Å². The zero-order chi connectivity index (χ0) is 9.68. The van der Waals surface area contributed by atoms with Crippen molar-refractivity contribution in [3.05, 3.63) is 45.6 Å². The Hall–Kier alpha value is -0.350. The van der Waals surface area contributed by atoms with Gasteiger partial charge in [0.05, 0.1) is 13.2 Å². The van der Waals surface area contributed by atoms with Crippen molar-refractivity contribution in [1.82, 2.24) is 0 Å². The van der Waals surface area contributed by atoms with Crippen molar-refractivity contribution < 1.29 is 4.74 Å². The summed E-state index contributed by atoms with van der Waals surface area (Å²) in [5.41, 5.74) is 2.30. The highest BCUT2D eigenvalue weighted by atomic mass is 127. The molecule has 0 radical (unpaired) electrons. The second-order valence-corrected chi connectivity index (χ2v) is 4.20. The van der Waals surface area contributed by atoms with Crippen LogP contribution in [0.2, 0.25) is 0 Å². The number of hydrogen-bond donors (Lipinski definition) is 0. The van der Waals surface area contributed by atoms with Gasteiger partial charge in [0.1, 0.15) is 0 Å². The Balaban J connectivity index is 2.45. The molecule has 0 heterocycles. The maximum Gasteiger partial charge on any atom is 0.0731 e. The molecule has 2 heteroatoms. The fraction of sp³-hybridized carbons (Fsp3) is 0.273. The molecular weight excluding hydrogens is 275 g/mol. The third-order valence-electron chi connectivity index (χ3n) is 1.56. The molecule has 1 nitrogen and oxygen atoms in total. The van der Waals surface area contributed by atoms with Crippen molar-refractivity contribution in [1.29, 1.82) is 0 Å². The van der Waals surface area contributed by atoms with Crippen LogP contribution >= 0.6 is 22.6 Å². The molecule has 1 aromatic rings. The van der Waals surface area contributed by atoms with E-state index in [-0.39, 0.29) is 0 Å². The van der Waals surface area contributed by atoms with Gasteiger partial charge in [0, 0.05) is 3.57 Å². The van der Waals surface area contributed by atoms with Crippen LogP contribution < -0.4 is 0 Å². The summed E-state index contributed by atoms with van der Waals surface area (Å²) in [4.78, 5) is 0. The molecule has 70 valence electrons. The van der Waals surface area contributed by atoms with Crippen LogP contribution in [0.5, 0.6) is 0 Å². The molecule has 0 unspecified atom stereocenters. The van der Waals surface area contributed by atoms with Crippen molar-refractivity contribution in [3.63, 3.8) is 0 Å². The van der Waals surface area contributed by atoms with E-state index in [2.05, 4.69) is 41.3 Å². The highest BCUT2D eigenvalue weighted by Crippen LogP contribution is 2.12. The van der Waals surface area contributed by atoms with Crippen molar-refractivity contribution in [2.45, 2.75) is 13.5 Å². The highest BCUT2D eigenvalue weighted by Gasteiger charge is 1.97. The minimum Gasteiger partial charge on any atom is -0.372 e. The van der Waals surface area contributed by atoms with E-state index >= 15 is 0 Å². The molecule has 0 aliphatic heterocycles. The van der Waals surface area contributed by atoms with Gasteiger partial charge in [-0.25, -0.2) is 0 Å². The lowest BCUT2D eigenvalue weighted by molar-refractivity contribution is 0.142. The molecule has 13 heavy (non-hydrogen) atoms. The molecule has 1 rings (SSSR count). The van der Waals surface area contributed by atoms with Crippen LogP contribution in [-0.4, -0.2) is 6.61 Å². The molecule has 0 saturated carbocycles. The van der Waals surface area contributed by atoms with Crippen molar-refractivity contribution in [3.8, 4) is 0 Å². The second-order valence-electron chi connectivity index (χ2n) is 3.04. The van der Waals surface area contributed by atoms with E-state index < -0.39 is 0 Å². The average molecular weight is 288 g/mol. The molecule has 0 fully saturated rings. The number of halogens is 1. The summed E-state index contributed by atoms with van der Waals surface area (Å²) < 4.78 is 6.71. The first kappa shape index (κ1) is 10.7. The smallest absolute Gasteiger partial charge is 0.0731 e. The monoisotopic (exact) mass is 288 g/mol. The normalized spacial score (nSPS) is 10.0. The minimum absolute atomic E-state index is 0.644. The van der Waals surface area contributed by atoms with E-state index in [0.717, 1.165) is 5.57 Å². The van der Waals surface area contributed by atoms with Gasteiger partial charge in [0.25, 0.3) is 0 Å². The van der Waals surface area contributed by atoms with E-state index in [4.69, 9.17) is 4.74 Å². The molecule has 0 bridgehead atoms. The first-order chi connectivity index (χ1) is 6.20. The summed E-state index contributed by atoms with van der Waals surface area (Å²) in [6, 6.07) is 8.23. The average Bonchev–Trinajstić information content (AvgIpc) is 2.08. The standard InChI is InChI=1S/C11H13IO/c1-9(2)7-13-8-10-5-3-4-6-11(10)12/h3-6H,1,7-8H2,2H3. The first-order valence-corrected chi connectivity index (χ1v) is 5.23. The summed E-state index contributed by atoms with van der Waals surface area (Å²) in [7, 11) is 0. The SMILES string of the molecule is C=C(C)COCc1ccccc1I. The molecule has 0 aromatic heterocycles. The first-order valence-electron chi connectivity index (χ1n) is 4.15. The molecule has 0 amide bonds. The molecule has 0 N–H and O–H groups in total. The third-order valence-corrected chi connectivity index (χ3v) is 2.62. The Bertz CT molecular complexity index is 294. The van der Waals surface area contributed by atoms with Gasteiger partial charge >= 0.3 is 0 Å². The molecular formula is C11H13IO. The maximum absolute atomic E-state index is 5.46. The molecule has 0 spiro atoms. The Morgan fingerprint density at radius 1 is 1.46 bits per heavy atom. The number of ether oxygens (including phenoxy) is 1. The summed E-state index contributed by atoms with van der Waals surface area (Å²) in [5, 5.41) is 0. The Labute approximate surface area is 92.9 Å². The fourth-order valence-corrected chi connectivity index (χ4v) is 1.49. The van der Waals surface area contributed by atoms with E-state index in [1.807, 2.05) is 19.1 Å². The second kappa shape index (κ2) is 5.40. The topological polar surface area (TPSA) is 9.23 Å². The molecule has 0 aliphatic carbocycles.